The van der Waals surface area contributed by atoms with Crippen molar-refractivity contribution in [2.45, 2.75) is 20.5 Å². The molecule has 3 aromatic rings. The van der Waals surface area contributed by atoms with Crippen LogP contribution in [0.1, 0.15) is 30.1 Å². The summed E-state index contributed by atoms with van der Waals surface area (Å²) in [7, 11) is 2.85. The molecule has 178 valence electrons. The van der Waals surface area contributed by atoms with E-state index in [0.717, 1.165) is 0 Å². The first-order chi connectivity index (χ1) is 16.2. The van der Waals surface area contributed by atoms with Crippen molar-refractivity contribution < 1.29 is 33.1 Å². The zero-order valence-electron chi connectivity index (χ0n) is 18.9. The van der Waals surface area contributed by atoms with E-state index in [1.54, 1.807) is 13.8 Å². The minimum Gasteiger partial charge on any atom is -0.493 e. The standard InChI is InChI=1S/C22H22N4O8/c1-12(2)20(27)23-16-10-18(32-4)17(31-3)9-15(16)22(28)33-11-19-24-25-21(34-19)13-5-7-14(8-6-13)26(29)30/h5-10,12H,11H2,1-4H3,(H,23,27). The molecular formula is C22H22N4O8. The lowest BCUT2D eigenvalue weighted by Gasteiger charge is -2.16. The fourth-order valence-electron chi connectivity index (χ4n) is 2.79. The molecule has 1 aromatic heterocycles. The Balaban J connectivity index is 1.77. The second-order valence-corrected chi connectivity index (χ2v) is 7.28. The van der Waals surface area contributed by atoms with Crippen molar-refractivity contribution in [2.24, 2.45) is 5.92 Å². The molecule has 12 nitrogen and oxygen atoms in total. The fourth-order valence-corrected chi connectivity index (χ4v) is 2.79. The first-order valence-electron chi connectivity index (χ1n) is 10.0. The number of non-ortho nitro benzene ring substituents is 1. The molecule has 0 spiro atoms. The van der Waals surface area contributed by atoms with Crippen molar-refractivity contribution in [1.29, 1.82) is 0 Å². The zero-order valence-corrected chi connectivity index (χ0v) is 18.9. The Morgan fingerprint density at radius 2 is 1.74 bits per heavy atom. The van der Waals surface area contributed by atoms with Crippen LogP contribution < -0.4 is 14.8 Å². The van der Waals surface area contributed by atoms with E-state index in [9.17, 15) is 19.7 Å². The molecule has 34 heavy (non-hydrogen) atoms. The number of carbonyl (C=O) groups is 2. The number of methoxy groups -OCH3 is 2. The van der Waals surface area contributed by atoms with E-state index in [1.165, 1.54) is 50.6 Å². The Labute approximate surface area is 194 Å². The SMILES string of the molecule is COc1cc(NC(=O)C(C)C)c(C(=O)OCc2nnc(-c3ccc([N+](=O)[O-])cc3)o2)cc1OC. The van der Waals surface area contributed by atoms with Crippen LogP contribution >= 0.6 is 0 Å². The summed E-state index contributed by atoms with van der Waals surface area (Å²) in [4.78, 5) is 35.3. The Bertz CT molecular complexity index is 1200. The van der Waals surface area contributed by atoms with Gasteiger partial charge in [-0.15, -0.1) is 10.2 Å². The number of nitro groups is 1. The monoisotopic (exact) mass is 470 g/mol. The lowest BCUT2D eigenvalue weighted by molar-refractivity contribution is -0.384. The Morgan fingerprint density at radius 1 is 1.09 bits per heavy atom. The number of nitrogens with one attached hydrogen (secondary N) is 1. The van der Waals surface area contributed by atoms with E-state index in [1.807, 2.05) is 0 Å². The molecule has 3 rings (SSSR count). The van der Waals surface area contributed by atoms with Gasteiger partial charge in [-0.1, -0.05) is 13.8 Å². The summed E-state index contributed by atoms with van der Waals surface area (Å²) in [6, 6.07) is 8.42. The third-order valence-electron chi connectivity index (χ3n) is 4.64. The van der Waals surface area contributed by atoms with Gasteiger partial charge in [0.05, 0.1) is 30.4 Å². The molecule has 0 aliphatic carbocycles. The van der Waals surface area contributed by atoms with Gasteiger partial charge in [-0.25, -0.2) is 4.79 Å². The van der Waals surface area contributed by atoms with Crippen LogP contribution in [-0.2, 0) is 16.1 Å². The van der Waals surface area contributed by atoms with Gasteiger partial charge in [-0.3, -0.25) is 14.9 Å². The van der Waals surface area contributed by atoms with Crippen LogP contribution in [-0.4, -0.2) is 41.2 Å². The van der Waals surface area contributed by atoms with Crippen LogP contribution in [0.3, 0.4) is 0 Å². The lowest BCUT2D eigenvalue weighted by Crippen LogP contribution is -2.20. The quantitative estimate of drug-likeness (QED) is 0.278. The Morgan fingerprint density at radius 3 is 2.32 bits per heavy atom. The third kappa shape index (κ3) is 5.46. The highest BCUT2D eigenvalue weighted by Gasteiger charge is 2.21. The minimum absolute atomic E-state index is 0.00921. The van der Waals surface area contributed by atoms with Gasteiger partial charge in [-0.05, 0) is 12.1 Å². The van der Waals surface area contributed by atoms with Gasteiger partial charge < -0.3 is 23.9 Å². The first kappa shape index (κ1) is 24.2. The summed E-state index contributed by atoms with van der Waals surface area (Å²) < 4.78 is 21.3. The summed E-state index contributed by atoms with van der Waals surface area (Å²) in [6.07, 6.45) is 0. The maximum absolute atomic E-state index is 12.8. The number of carbonyl (C=O) groups excluding carboxylic acids is 2. The molecule has 0 atom stereocenters. The molecule has 1 N–H and O–H groups in total. The predicted molar refractivity (Wildman–Crippen MR) is 119 cm³/mol. The van der Waals surface area contributed by atoms with Gasteiger partial charge in [0.15, 0.2) is 18.1 Å². The smallest absolute Gasteiger partial charge is 0.340 e. The molecule has 1 heterocycles. The number of esters is 1. The van der Waals surface area contributed by atoms with E-state index in [0.29, 0.717) is 11.3 Å². The third-order valence-corrected chi connectivity index (χ3v) is 4.64. The summed E-state index contributed by atoms with van der Waals surface area (Å²) >= 11 is 0. The number of anilines is 1. The maximum atomic E-state index is 12.8. The molecular weight excluding hydrogens is 448 g/mol. The molecule has 12 heteroatoms. The Kier molecular flexibility index (Phi) is 7.41. The molecule has 0 aliphatic rings. The van der Waals surface area contributed by atoms with Crippen LogP contribution in [0.15, 0.2) is 40.8 Å². The van der Waals surface area contributed by atoms with E-state index in [-0.39, 0.29) is 52.9 Å². The van der Waals surface area contributed by atoms with Crippen LogP contribution in [0, 0.1) is 16.0 Å². The van der Waals surface area contributed by atoms with Gasteiger partial charge in [0.2, 0.25) is 11.8 Å². The van der Waals surface area contributed by atoms with E-state index in [4.69, 9.17) is 18.6 Å². The van der Waals surface area contributed by atoms with Crippen molar-refractivity contribution in [3.05, 3.63) is 58.0 Å². The number of nitrogens with zero attached hydrogens (tertiary/aromatic N) is 3. The van der Waals surface area contributed by atoms with Crippen molar-refractivity contribution >= 4 is 23.3 Å². The van der Waals surface area contributed by atoms with E-state index >= 15 is 0 Å². The molecule has 0 bridgehead atoms. The molecule has 0 radical (unpaired) electrons. The second-order valence-electron chi connectivity index (χ2n) is 7.28. The number of nitro benzene ring substituents is 1. The summed E-state index contributed by atoms with van der Waals surface area (Å²) in [5.41, 5.74) is 0.627. The first-order valence-corrected chi connectivity index (χ1v) is 10.0. The average molecular weight is 470 g/mol. The molecule has 0 unspecified atom stereocenters. The molecule has 1 amide bonds. The zero-order chi connectivity index (χ0) is 24.8. The maximum Gasteiger partial charge on any atom is 0.340 e. The minimum atomic E-state index is -0.768. The second kappa shape index (κ2) is 10.4. The van der Waals surface area contributed by atoms with Gasteiger partial charge >= 0.3 is 5.97 Å². The lowest BCUT2D eigenvalue weighted by atomic mass is 10.1. The Hall–Kier alpha value is -4.48. The average Bonchev–Trinajstić information content (AvgIpc) is 3.31. The van der Waals surface area contributed by atoms with Gasteiger partial charge in [0.1, 0.15) is 0 Å². The molecule has 0 saturated carbocycles. The summed E-state index contributed by atoms with van der Waals surface area (Å²) in [5, 5.41) is 21.2. The fraction of sp³-hybridized carbons (Fsp3) is 0.273. The van der Waals surface area contributed by atoms with Crippen molar-refractivity contribution in [2.75, 3.05) is 19.5 Å². The number of ether oxygens (including phenoxy) is 3. The number of benzene rings is 2. The topological polar surface area (TPSA) is 156 Å². The molecule has 0 saturated heterocycles. The van der Waals surface area contributed by atoms with E-state index < -0.39 is 10.9 Å². The van der Waals surface area contributed by atoms with Crippen molar-refractivity contribution in [1.82, 2.24) is 10.2 Å². The predicted octanol–water partition coefficient (Wildman–Crippen LogP) is 3.61. The van der Waals surface area contributed by atoms with Crippen LogP contribution in [0.5, 0.6) is 11.5 Å². The number of hydrogen-bond acceptors (Lipinski definition) is 10. The highest BCUT2D eigenvalue weighted by atomic mass is 16.6. The number of amides is 1. The van der Waals surface area contributed by atoms with Crippen LogP contribution in [0.4, 0.5) is 11.4 Å². The largest absolute Gasteiger partial charge is 0.493 e. The number of rotatable bonds is 9. The number of aromatic nitrogens is 2. The van der Waals surface area contributed by atoms with Crippen molar-refractivity contribution in [3.8, 4) is 23.0 Å². The molecule has 0 aliphatic heterocycles. The van der Waals surface area contributed by atoms with Gasteiger partial charge in [-0.2, -0.15) is 0 Å². The van der Waals surface area contributed by atoms with E-state index in [2.05, 4.69) is 15.5 Å². The summed E-state index contributed by atoms with van der Waals surface area (Å²) in [6.45, 7) is 3.09. The van der Waals surface area contributed by atoms with Gasteiger partial charge in [0.25, 0.3) is 11.6 Å². The van der Waals surface area contributed by atoms with Gasteiger partial charge in [0, 0.05) is 35.7 Å². The normalized spacial score (nSPS) is 10.6. The van der Waals surface area contributed by atoms with Crippen LogP contribution in [0.2, 0.25) is 0 Å². The number of hydrogen-bond donors (Lipinski definition) is 1. The molecule has 0 fully saturated rings. The van der Waals surface area contributed by atoms with Crippen LogP contribution in [0.25, 0.3) is 11.5 Å². The molecule has 2 aromatic carbocycles. The summed E-state index contributed by atoms with van der Waals surface area (Å²) in [5.74, 6) is -0.681. The highest BCUT2D eigenvalue weighted by Crippen LogP contribution is 2.34. The van der Waals surface area contributed by atoms with Crippen molar-refractivity contribution in [3.63, 3.8) is 0 Å². The highest BCUT2D eigenvalue weighted by molar-refractivity contribution is 6.02.